The standard InChI is InChI=1S/C6H9N3O5S/c1-8-4(3-10)7-5(9(11)12)6(8)15(2,13)14/h10H,3H2,1-2H3. The lowest BCUT2D eigenvalue weighted by molar-refractivity contribution is -0.392. The van der Waals surface area contributed by atoms with Crippen LogP contribution in [0.1, 0.15) is 5.82 Å². The van der Waals surface area contributed by atoms with Crippen LogP contribution in [-0.2, 0) is 23.5 Å². The summed E-state index contributed by atoms with van der Waals surface area (Å²) in [5.41, 5.74) is 0. The third-order valence-electron chi connectivity index (χ3n) is 1.78. The lowest BCUT2D eigenvalue weighted by atomic mass is 10.6. The zero-order valence-corrected chi connectivity index (χ0v) is 8.85. The molecule has 0 amide bonds. The van der Waals surface area contributed by atoms with Gasteiger partial charge >= 0.3 is 5.82 Å². The minimum atomic E-state index is -3.75. The van der Waals surface area contributed by atoms with E-state index in [0.717, 1.165) is 10.8 Å². The molecular weight excluding hydrogens is 226 g/mol. The predicted octanol–water partition coefficient (Wildman–Crippen LogP) is -0.776. The Labute approximate surface area is 85.2 Å². The molecule has 1 N–H and O–H groups in total. The Kier molecular flexibility index (Phi) is 2.77. The fourth-order valence-corrected chi connectivity index (χ4v) is 2.24. The Morgan fingerprint density at radius 1 is 1.60 bits per heavy atom. The lowest BCUT2D eigenvalue weighted by Gasteiger charge is -1.99. The van der Waals surface area contributed by atoms with E-state index in [-0.39, 0.29) is 5.82 Å². The Morgan fingerprint density at radius 3 is 2.40 bits per heavy atom. The molecule has 0 saturated heterocycles. The minimum absolute atomic E-state index is 0.0675. The van der Waals surface area contributed by atoms with Crippen molar-refractivity contribution in [2.24, 2.45) is 7.05 Å². The number of aliphatic hydroxyl groups is 1. The predicted molar refractivity (Wildman–Crippen MR) is 48.9 cm³/mol. The van der Waals surface area contributed by atoms with Crippen molar-refractivity contribution >= 4 is 15.7 Å². The SMILES string of the molecule is Cn1c(CO)nc([N+](=O)[O-])c1S(C)(=O)=O. The summed E-state index contributed by atoms with van der Waals surface area (Å²) in [5, 5.41) is 18.8. The van der Waals surface area contributed by atoms with Gasteiger partial charge in [0.05, 0.1) is 0 Å². The smallest absolute Gasteiger partial charge is 0.386 e. The highest BCUT2D eigenvalue weighted by Crippen LogP contribution is 2.23. The highest BCUT2D eigenvalue weighted by Gasteiger charge is 2.31. The molecule has 0 atom stereocenters. The minimum Gasteiger partial charge on any atom is -0.386 e. The van der Waals surface area contributed by atoms with Gasteiger partial charge in [0, 0.05) is 13.3 Å². The number of nitrogens with zero attached hydrogens (tertiary/aromatic N) is 3. The van der Waals surface area contributed by atoms with Gasteiger partial charge in [-0.25, -0.2) is 8.42 Å². The Balaban J connectivity index is 3.61. The molecule has 0 bridgehead atoms. The van der Waals surface area contributed by atoms with E-state index in [0.29, 0.717) is 0 Å². The van der Waals surface area contributed by atoms with Crippen molar-refractivity contribution in [3.63, 3.8) is 0 Å². The van der Waals surface area contributed by atoms with Gasteiger partial charge in [0.15, 0.2) is 9.84 Å². The van der Waals surface area contributed by atoms with E-state index in [2.05, 4.69) is 4.98 Å². The van der Waals surface area contributed by atoms with Crippen LogP contribution in [0, 0.1) is 10.1 Å². The van der Waals surface area contributed by atoms with E-state index >= 15 is 0 Å². The zero-order valence-electron chi connectivity index (χ0n) is 8.04. The van der Waals surface area contributed by atoms with Crippen LogP contribution in [0.3, 0.4) is 0 Å². The fraction of sp³-hybridized carbons (Fsp3) is 0.500. The summed E-state index contributed by atoms with van der Waals surface area (Å²) in [5.74, 6) is -0.828. The zero-order chi connectivity index (χ0) is 11.8. The van der Waals surface area contributed by atoms with Gasteiger partial charge in [-0.05, 0) is 9.91 Å². The quantitative estimate of drug-likeness (QED) is 0.543. The van der Waals surface area contributed by atoms with Crippen LogP contribution in [0.2, 0.25) is 0 Å². The Hall–Kier alpha value is -1.48. The molecule has 0 aliphatic carbocycles. The number of aliphatic hydroxyl groups excluding tert-OH is 1. The molecule has 0 aliphatic heterocycles. The summed E-state index contributed by atoms with van der Waals surface area (Å²) >= 11 is 0. The van der Waals surface area contributed by atoms with Crippen LogP contribution in [0.25, 0.3) is 0 Å². The summed E-state index contributed by atoms with van der Waals surface area (Å²) in [6.45, 7) is -0.563. The van der Waals surface area contributed by atoms with E-state index in [9.17, 15) is 18.5 Å². The van der Waals surface area contributed by atoms with Crippen molar-refractivity contribution in [3.8, 4) is 0 Å². The molecule has 0 spiro atoms. The second kappa shape index (κ2) is 3.59. The van der Waals surface area contributed by atoms with Crippen molar-refractivity contribution in [1.82, 2.24) is 9.55 Å². The molecule has 0 aliphatic rings. The molecule has 1 rings (SSSR count). The molecule has 9 heteroatoms. The van der Waals surface area contributed by atoms with E-state index in [1.54, 1.807) is 0 Å². The van der Waals surface area contributed by atoms with Gasteiger partial charge in [0.25, 0.3) is 5.82 Å². The van der Waals surface area contributed by atoms with E-state index in [4.69, 9.17) is 5.11 Å². The van der Waals surface area contributed by atoms with Crippen LogP contribution in [0.5, 0.6) is 0 Å². The molecule has 1 aromatic heterocycles. The summed E-state index contributed by atoms with van der Waals surface area (Å²) in [7, 11) is -2.46. The third kappa shape index (κ3) is 1.97. The second-order valence-corrected chi connectivity index (χ2v) is 4.83. The Bertz CT molecular complexity index is 503. The monoisotopic (exact) mass is 235 g/mol. The average Bonchev–Trinajstić information content (AvgIpc) is 2.41. The number of hydrogen-bond donors (Lipinski definition) is 1. The van der Waals surface area contributed by atoms with Gasteiger partial charge < -0.3 is 15.2 Å². The topological polar surface area (TPSA) is 115 Å². The number of nitro groups is 1. The first-order chi connectivity index (χ1) is 6.79. The maximum Gasteiger partial charge on any atom is 0.401 e. The van der Waals surface area contributed by atoms with Crippen molar-refractivity contribution < 1.29 is 18.4 Å². The van der Waals surface area contributed by atoms with Gasteiger partial charge in [0.2, 0.25) is 5.03 Å². The Morgan fingerprint density at radius 2 is 2.13 bits per heavy atom. The number of imidazole rings is 1. The molecule has 1 aromatic rings. The normalized spacial score (nSPS) is 11.7. The maximum absolute atomic E-state index is 11.3. The summed E-state index contributed by atoms with van der Waals surface area (Å²) in [4.78, 5) is 13.1. The number of sulfone groups is 1. The van der Waals surface area contributed by atoms with E-state index in [1.807, 2.05) is 0 Å². The second-order valence-electron chi connectivity index (χ2n) is 2.90. The molecule has 1 heterocycles. The van der Waals surface area contributed by atoms with Crippen LogP contribution in [0.15, 0.2) is 5.03 Å². The van der Waals surface area contributed by atoms with Crippen molar-refractivity contribution in [2.45, 2.75) is 11.6 Å². The summed E-state index contributed by atoms with van der Waals surface area (Å²) in [6.07, 6.45) is 0.845. The van der Waals surface area contributed by atoms with Crippen molar-refractivity contribution in [3.05, 3.63) is 15.9 Å². The fourth-order valence-electron chi connectivity index (χ4n) is 1.19. The van der Waals surface area contributed by atoms with Crippen molar-refractivity contribution in [2.75, 3.05) is 6.26 Å². The third-order valence-corrected chi connectivity index (χ3v) is 2.94. The van der Waals surface area contributed by atoms with Gasteiger partial charge in [0.1, 0.15) is 6.61 Å². The maximum atomic E-state index is 11.3. The summed E-state index contributed by atoms with van der Waals surface area (Å²) in [6, 6.07) is 0. The van der Waals surface area contributed by atoms with Crippen LogP contribution < -0.4 is 0 Å². The molecule has 8 nitrogen and oxygen atoms in total. The van der Waals surface area contributed by atoms with Gasteiger partial charge in [-0.1, -0.05) is 0 Å². The van der Waals surface area contributed by atoms with Gasteiger partial charge in [-0.3, -0.25) is 4.57 Å². The largest absolute Gasteiger partial charge is 0.401 e. The van der Waals surface area contributed by atoms with Crippen LogP contribution in [-0.4, -0.2) is 34.3 Å². The molecule has 0 unspecified atom stereocenters. The summed E-state index contributed by atoms with van der Waals surface area (Å²) < 4.78 is 23.5. The highest BCUT2D eigenvalue weighted by molar-refractivity contribution is 7.90. The molecule has 15 heavy (non-hydrogen) atoms. The van der Waals surface area contributed by atoms with Crippen molar-refractivity contribution in [1.29, 1.82) is 0 Å². The molecule has 0 aromatic carbocycles. The molecular formula is C6H9N3O5S. The molecule has 84 valence electrons. The van der Waals surface area contributed by atoms with E-state index in [1.165, 1.54) is 7.05 Å². The van der Waals surface area contributed by atoms with E-state index < -0.39 is 32.2 Å². The molecule has 0 radical (unpaired) electrons. The highest BCUT2D eigenvalue weighted by atomic mass is 32.2. The molecule has 0 saturated carbocycles. The lowest BCUT2D eigenvalue weighted by Crippen LogP contribution is -2.08. The number of hydrogen-bond acceptors (Lipinski definition) is 6. The first kappa shape index (κ1) is 11.6. The first-order valence-electron chi connectivity index (χ1n) is 3.80. The number of aromatic nitrogens is 2. The van der Waals surface area contributed by atoms with Gasteiger partial charge in [-0.2, -0.15) is 0 Å². The number of rotatable bonds is 3. The van der Waals surface area contributed by atoms with Crippen LogP contribution >= 0.6 is 0 Å². The average molecular weight is 235 g/mol. The molecule has 0 fully saturated rings. The van der Waals surface area contributed by atoms with Crippen LogP contribution in [0.4, 0.5) is 5.82 Å². The first-order valence-corrected chi connectivity index (χ1v) is 5.69. The van der Waals surface area contributed by atoms with Gasteiger partial charge in [-0.15, -0.1) is 0 Å².